The zero-order chi connectivity index (χ0) is 24.8. The molecule has 0 bridgehead atoms. The molecule has 1 aliphatic rings. The molecule has 2 aromatic carbocycles. The van der Waals surface area contributed by atoms with Crippen molar-refractivity contribution >= 4 is 50.9 Å². The Morgan fingerprint density at radius 3 is 2.35 bits per heavy atom. The van der Waals surface area contributed by atoms with Crippen LogP contribution in [0, 0.1) is 0 Å². The van der Waals surface area contributed by atoms with Crippen molar-refractivity contribution in [3.8, 4) is 5.75 Å². The standard InChI is InChI=1S/C26H31BrCl2N2O3/c1-16(2)18-11-12-24(21(27)13-18)34-15-25(32)31(14-20-22(28)9-6-10-23(20)29)17(3)26(33)30-19-7-4-5-8-19/h6,9-13,16-17,19H,4-5,7-8,14-15H2,1-3H3,(H,30,33)/t17-/m1/s1. The van der Waals surface area contributed by atoms with E-state index in [1.807, 2.05) is 18.2 Å². The average molecular weight is 570 g/mol. The fourth-order valence-electron chi connectivity index (χ4n) is 4.04. The maximum Gasteiger partial charge on any atom is 0.261 e. The number of nitrogens with one attached hydrogen (secondary N) is 1. The second-order valence-corrected chi connectivity index (χ2v) is 10.7. The van der Waals surface area contributed by atoms with Crippen molar-refractivity contribution in [2.24, 2.45) is 0 Å². The van der Waals surface area contributed by atoms with Crippen molar-refractivity contribution in [3.05, 3.63) is 62.0 Å². The largest absolute Gasteiger partial charge is 0.483 e. The minimum Gasteiger partial charge on any atom is -0.483 e. The van der Waals surface area contributed by atoms with Gasteiger partial charge in [-0.05, 0) is 71.4 Å². The summed E-state index contributed by atoms with van der Waals surface area (Å²) >= 11 is 16.3. The van der Waals surface area contributed by atoms with E-state index >= 15 is 0 Å². The molecule has 1 aliphatic carbocycles. The number of amides is 2. The van der Waals surface area contributed by atoms with Crippen LogP contribution in [0.2, 0.25) is 10.0 Å². The molecule has 0 aromatic heterocycles. The lowest BCUT2D eigenvalue weighted by atomic mass is 10.0. The first kappa shape index (κ1) is 26.8. The Kier molecular flexibility index (Phi) is 9.69. The highest BCUT2D eigenvalue weighted by Crippen LogP contribution is 2.30. The van der Waals surface area contributed by atoms with Gasteiger partial charge in [0.15, 0.2) is 6.61 Å². The van der Waals surface area contributed by atoms with Crippen LogP contribution in [0.5, 0.6) is 5.75 Å². The normalized spacial score (nSPS) is 14.8. The fourth-order valence-corrected chi connectivity index (χ4v) is 5.07. The van der Waals surface area contributed by atoms with E-state index in [1.54, 1.807) is 25.1 Å². The number of hydrogen-bond donors (Lipinski definition) is 1. The predicted molar refractivity (Wildman–Crippen MR) is 141 cm³/mol. The molecule has 2 aromatic rings. The van der Waals surface area contributed by atoms with Crippen LogP contribution >= 0.6 is 39.1 Å². The molecule has 2 amide bonds. The van der Waals surface area contributed by atoms with Gasteiger partial charge in [0.05, 0.1) is 4.47 Å². The quantitative estimate of drug-likeness (QED) is 0.364. The van der Waals surface area contributed by atoms with Gasteiger partial charge in [-0.2, -0.15) is 0 Å². The maximum atomic E-state index is 13.3. The molecule has 0 aliphatic heterocycles. The lowest BCUT2D eigenvalue weighted by Gasteiger charge is -2.30. The summed E-state index contributed by atoms with van der Waals surface area (Å²) in [6.07, 6.45) is 4.14. The molecule has 1 fully saturated rings. The van der Waals surface area contributed by atoms with Crippen LogP contribution in [0.25, 0.3) is 0 Å². The van der Waals surface area contributed by atoms with Gasteiger partial charge in [0.2, 0.25) is 5.91 Å². The number of ether oxygens (including phenoxy) is 1. The molecule has 0 unspecified atom stereocenters. The van der Waals surface area contributed by atoms with Crippen LogP contribution in [0.4, 0.5) is 0 Å². The molecule has 5 nitrogen and oxygen atoms in total. The van der Waals surface area contributed by atoms with E-state index in [-0.39, 0.29) is 31.0 Å². The zero-order valence-electron chi connectivity index (χ0n) is 19.7. The Bertz CT molecular complexity index is 1000. The van der Waals surface area contributed by atoms with Gasteiger partial charge >= 0.3 is 0 Å². The molecule has 0 radical (unpaired) electrons. The monoisotopic (exact) mass is 568 g/mol. The van der Waals surface area contributed by atoms with Gasteiger partial charge in [-0.15, -0.1) is 0 Å². The molecule has 8 heteroatoms. The Balaban J connectivity index is 1.77. The van der Waals surface area contributed by atoms with Gasteiger partial charge in [-0.1, -0.05) is 62.0 Å². The van der Waals surface area contributed by atoms with Crippen LogP contribution < -0.4 is 10.1 Å². The summed E-state index contributed by atoms with van der Waals surface area (Å²) in [4.78, 5) is 27.8. The Morgan fingerprint density at radius 2 is 1.76 bits per heavy atom. The molecule has 0 heterocycles. The zero-order valence-corrected chi connectivity index (χ0v) is 22.8. The topological polar surface area (TPSA) is 58.6 Å². The number of carbonyl (C=O) groups excluding carboxylic acids is 2. The van der Waals surface area contributed by atoms with Gasteiger partial charge in [-0.25, -0.2) is 0 Å². The Labute approximate surface area is 220 Å². The molecule has 0 saturated heterocycles. The van der Waals surface area contributed by atoms with Crippen LogP contribution in [0.15, 0.2) is 40.9 Å². The summed E-state index contributed by atoms with van der Waals surface area (Å²) in [5.74, 6) is 0.425. The van der Waals surface area contributed by atoms with E-state index in [9.17, 15) is 9.59 Å². The van der Waals surface area contributed by atoms with Crippen molar-refractivity contribution in [1.29, 1.82) is 0 Å². The number of halogens is 3. The SMILES string of the molecule is CC(C)c1ccc(OCC(=O)N(Cc2c(Cl)cccc2Cl)[C@H](C)C(=O)NC2CCCC2)c(Br)c1. The van der Waals surface area contributed by atoms with E-state index in [4.69, 9.17) is 27.9 Å². The van der Waals surface area contributed by atoms with Gasteiger partial charge < -0.3 is 15.0 Å². The second kappa shape index (κ2) is 12.3. The Hall–Kier alpha value is -1.76. The van der Waals surface area contributed by atoms with E-state index < -0.39 is 6.04 Å². The molecule has 34 heavy (non-hydrogen) atoms. The third-order valence-electron chi connectivity index (χ3n) is 6.23. The van der Waals surface area contributed by atoms with Gasteiger partial charge in [0.1, 0.15) is 11.8 Å². The number of nitrogens with zero attached hydrogens (tertiary/aromatic N) is 1. The number of rotatable bonds is 9. The highest BCUT2D eigenvalue weighted by atomic mass is 79.9. The highest BCUT2D eigenvalue weighted by Gasteiger charge is 2.29. The molecular formula is C26H31BrCl2N2O3. The third-order valence-corrected chi connectivity index (χ3v) is 7.56. The summed E-state index contributed by atoms with van der Waals surface area (Å²) in [6.45, 7) is 5.83. The van der Waals surface area contributed by atoms with Crippen molar-refractivity contribution in [2.75, 3.05) is 6.61 Å². The summed E-state index contributed by atoms with van der Waals surface area (Å²) < 4.78 is 6.62. The molecule has 1 saturated carbocycles. The number of benzene rings is 2. The van der Waals surface area contributed by atoms with Crippen LogP contribution in [0.3, 0.4) is 0 Å². The average Bonchev–Trinajstić information content (AvgIpc) is 3.30. The lowest BCUT2D eigenvalue weighted by Crippen LogP contribution is -2.50. The molecule has 1 N–H and O–H groups in total. The summed E-state index contributed by atoms with van der Waals surface area (Å²) in [6, 6.07) is 10.4. The summed E-state index contributed by atoms with van der Waals surface area (Å²) in [7, 11) is 0. The van der Waals surface area contributed by atoms with Crippen LogP contribution in [0.1, 0.15) is 63.5 Å². The smallest absolute Gasteiger partial charge is 0.261 e. The lowest BCUT2D eigenvalue weighted by molar-refractivity contribution is -0.142. The third kappa shape index (κ3) is 6.89. The van der Waals surface area contributed by atoms with Crippen LogP contribution in [-0.4, -0.2) is 35.4 Å². The first-order valence-electron chi connectivity index (χ1n) is 11.6. The van der Waals surface area contributed by atoms with Gasteiger partial charge in [0, 0.05) is 28.2 Å². The first-order chi connectivity index (χ1) is 16.2. The fraction of sp³-hybridized carbons (Fsp3) is 0.462. The van der Waals surface area contributed by atoms with Crippen molar-refractivity contribution < 1.29 is 14.3 Å². The van der Waals surface area contributed by atoms with E-state index in [2.05, 4.69) is 35.1 Å². The van der Waals surface area contributed by atoms with Crippen molar-refractivity contribution in [1.82, 2.24) is 10.2 Å². The molecule has 0 spiro atoms. The van der Waals surface area contributed by atoms with Gasteiger partial charge in [-0.3, -0.25) is 9.59 Å². The second-order valence-electron chi connectivity index (χ2n) is 9.02. The number of carbonyl (C=O) groups is 2. The molecule has 1 atom stereocenters. The molecule has 3 rings (SSSR count). The summed E-state index contributed by atoms with van der Waals surface area (Å²) in [5.41, 5.74) is 1.76. The highest BCUT2D eigenvalue weighted by molar-refractivity contribution is 9.10. The molecular weight excluding hydrogens is 539 g/mol. The van der Waals surface area contributed by atoms with Crippen molar-refractivity contribution in [3.63, 3.8) is 0 Å². The predicted octanol–water partition coefficient (Wildman–Crippen LogP) is 6.73. The minimum atomic E-state index is -0.712. The van der Waals surface area contributed by atoms with E-state index in [0.29, 0.717) is 27.3 Å². The van der Waals surface area contributed by atoms with E-state index in [1.165, 1.54) is 4.90 Å². The number of hydrogen-bond acceptors (Lipinski definition) is 3. The Morgan fingerprint density at radius 1 is 1.12 bits per heavy atom. The van der Waals surface area contributed by atoms with Gasteiger partial charge in [0.25, 0.3) is 5.91 Å². The van der Waals surface area contributed by atoms with E-state index in [0.717, 1.165) is 35.7 Å². The maximum absolute atomic E-state index is 13.3. The first-order valence-corrected chi connectivity index (χ1v) is 13.2. The van der Waals surface area contributed by atoms with Crippen LogP contribution in [-0.2, 0) is 16.1 Å². The van der Waals surface area contributed by atoms with Crippen molar-refractivity contribution in [2.45, 2.75) is 71.0 Å². The minimum absolute atomic E-state index is 0.105. The molecule has 184 valence electrons. The summed E-state index contributed by atoms with van der Waals surface area (Å²) in [5, 5.41) is 3.97.